The van der Waals surface area contributed by atoms with Gasteiger partial charge in [0.05, 0.1) is 0 Å². The van der Waals surface area contributed by atoms with Crippen LogP contribution in [0.4, 0.5) is 0 Å². The highest BCUT2D eigenvalue weighted by atomic mass is 31.2. The van der Waals surface area contributed by atoms with Gasteiger partial charge in [-0.25, -0.2) is 4.57 Å². The second-order valence-corrected chi connectivity index (χ2v) is 4.82. The van der Waals surface area contributed by atoms with E-state index in [1.165, 1.54) is 0 Å². The first-order chi connectivity index (χ1) is 7.40. The van der Waals surface area contributed by atoms with E-state index in [1.54, 1.807) is 0 Å². The second-order valence-electron chi connectivity index (χ2n) is 3.68. The standard InChI is InChI=1S/C8H12NO6P/c10-7-5-3-1-2-4-6(5)8(11)9(7)15-16(12,13)14/h10-11H,1-4H2,(H2,12,13,14). The number of aromatic hydroxyl groups is 2. The molecule has 1 aromatic rings. The monoisotopic (exact) mass is 249 g/mol. The zero-order chi connectivity index (χ0) is 11.9. The molecule has 7 nitrogen and oxygen atoms in total. The number of hydrogen-bond acceptors (Lipinski definition) is 4. The van der Waals surface area contributed by atoms with Gasteiger partial charge in [0.1, 0.15) is 0 Å². The lowest BCUT2D eigenvalue weighted by Gasteiger charge is -2.09. The maximum absolute atomic E-state index is 10.6. The molecule has 0 aliphatic heterocycles. The van der Waals surface area contributed by atoms with E-state index in [0.29, 0.717) is 28.7 Å². The summed E-state index contributed by atoms with van der Waals surface area (Å²) in [4.78, 5) is 17.3. The van der Waals surface area contributed by atoms with E-state index in [4.69, 9.17) is 9.79 Å². The van der Waals surface area contributed by atoms with E-state index in [2.05, 4.69) is 4.62 Å². The first-order valence-electron chi connectivity index (χ1n) is 4.80. The van der Waals surface area contributed by atoms with Crippen LogP contribution in [-0.4, -0.2) is 24.7 Å². The lowest BCUT2D eigenvalue weighted by molar-refractivity contribution is 0.140. The molecule has 1 aliphatic rings. The fraction of sp³-hybridized carbons (Fsp3) is 0.500. The Hall–Kier alpha value is -1.17. The van der Waals surface area contributed by atoms with Crippen LogP contribution in [0.5, 0.6) is 11.8 Å². The summed E-state index contributed by atoms with van der Waals surface area (Å²) in [5, 5.41) is 19.3. The Morgan fingerprint density at radius 1 is 1.06 bits per heavy atom. The van der Waals surface area contributed by atoms with Gasteiger partial charge >= 0.3 is 7.82 Å². The molecule has 0 saturated carbocycles. The van der Waals surface area contributed by atoms with Crippen molar-refractivity contribution < 1.29 is 29.2 Å². The molecule has 4 N–H and O–H groups in total. The normalized spacial score (nSPS) is 15.9. The van der Waals surface area contributed by atoms with Gasteiger partial charge in [0.2, 0.25) is 11.8 Å². The van der Waals surface area contributed by atoms with Crippen molar-refractivity contribution in [3.63, 3.8) is 0 Å². The lowest BCUT2D eigenvalue weighted by atomic mass is 9.95. The Labute approximate surface area is 91.1 Å². The maximum atomic E-state index is 10.6. The van der Waals surface area contributed by atoms with Crippen molar-refractivity contribution >= 4 is 7.82 Å². The molecule has 0 saturated heterocycles. The average Bonchev–Trinajstić information content (AvgIpc) is 2.43. The number of fused-ring (bicyclic) bond motifs is 1. The van der Waals surface area contributed by atoms with E-state index in [-0.39, 0.29) is 0 Å². The van der Waals surface area contributed by atoms with Crippen LogP contribution < -0.4 is 4.62 Å². The zero-order valence-corrected chi connectivity index (χ0v) is 9.22. The van der Waals surface area contributed by atoms with Gasteiger partial charge in [0.25, 0.3) is 0 Å². The molecular weight excluding hydrogens is 237 g/mol. The number of aromatic nitrogens is 1. The molecule has 1 aromatic heterocycles. The molecule has 0 atom stereocenters. The summed E-state index contributed by atoms with van der Waals surface area (Å²) in [7, 11) is -4.81. The zero-order valence-electron chi connectivity index (χ0n) is 8.33. The van der Waals surface area contributed by atoms with Crippen LogP contribution in [0.25, 0.3) is 0 Å². The Morgan fingerprint density at radius 3 is 1.88 bits per heavy atom. The van der Waals surface area contributed by atoms with E-state index >= 15 is 0 Å². The highest BCUT2D eigenvalue weighted by Crippen LogP contribution is 2.42. The molecular formula is C8H12NO6P. The first-order valence-corrected chi connectivity index (χ1v) is 6.33. The smallest absolute Gasteiger partial charge is 0.492 e. The highest BCUT2D eigenvalue weighted by molar-refractivity contribution is 7.46. The molecule has 8 heteroatoms. The summed E-state index contributed by atoms with van der Waals surface area (Å²) >= 11 is 0. The van der Waals surface area contributed by atoms with Crippen molar-refractivity contribution in [3.05, 3.63) is 11.1 Å². The van der Waals surface area contributed by atoms with Crippen molar-refractivity contribution in [3.8, 4) is 11.8 Å². The molecule has 0 spiro atoms. The van der Waals surface area contributed by atoms with Crippen LogP contribution in [0.3, 0.4) is 0 Å². The Kier molecular flexibility index (Phi) is 2.61. The van der Waals surface area contributed by atoms with Crippen LogP contribution in [0.1, 0.15) is 24.0 Å². The second kappa shape index (κ2) is 3.69. The summed E-state index contributed by atoms with van der Waals surface area (Å²) < 4.78 is 15.2. The third-order valence-corrected chi connectivity index (χ3v) is 2.96. The van der Waals surface area contributed by atoms with Gasteiger partial charge in [0, 0.05) is 11.1 Å². The van der Waals surface area contributed by atoms with E-state index in [1.807, 2.05) is 0 Å². The van der Waals surface area contributed by atoms with Crippen molar-refractivity contribution in [2.24, 2.45) is 0 Å². The van der Waals surface area contributed by atoms with Crippen LogP contribution in [0, 0.1) is 0 Å². The Bertz CT molecular complexity index is 432. The predicted octanol–water partition coefficient (Wildman–Crippen LogP) is 0.299. The number of nitrogens with zero attached hydrogens (tertiary/aromatic N) is 1. The van der Waals surface area contributed by atoms with Crippen LogP contribution in [0.2, 0.25) is 0 Å². The third kappa shape index (κ3) is 1.89. The summed E-state index contributed by atoms with van der Waals surface area (Å²) in [6.07, 6.45) is 2.85. The average molecular weight is 249 g/mol. The van der Waals surface area contributed by atoms with E-state index in [0.717, 1.165) is 12.8 Å². The van der Waals surface area contributed by atoms with Crippen molar-refractivity contribution in [1.29, 1.82) is 0 Å². The Balaban J connectivity index is 2.46. The van der Waals surface area contributed by atoms with Gasteiger partial charge in [-0.15, -0.1) is 4.73 Å². The molecule has 0 fully saturated rings. The van der Waals surface area contributed by atoms with E-state index in [9.17, 15) is 14.8 Å². The maximum Gasteiger partial charge on any atom is 0.544 e. The van der Waals surface area contributed by atoms with E-state index < -0.39 is 19.6 Å². The molecule has 16 heavy (non-hydrogen) atoms. The molecule has 0 unspecified atom stereocenters. The van der Waals surface area contributed by atoms with Crippen LogP contribution in [-0.2, 0) is 17.4 Å². The minimum atomic E-state index is -4.81. The predicted molar refractivity (Wildman–Crippen MR) is 53.0 cm³/mol. The summed E-state index contributed by atoms with van der Waals surface area (Å²) in [6, 6.07) is 0. The summed E-state index contributed by atoms with van der Waals surface area (Å²) in [6.45, 7) is 0. The molecule has 0 radical (unpaired) electrons. The van der Waals surface area contributed by atoms with Crippen LogP contribution in [0.15, 0.2) is 0 Å². The minimum Gasteiger partial charge on any atom is -0.492 e. The van der Waals surface area contributed by atoms with Crippen molar-refractivity contribution in [1.82, 2.24) is 4.73 Å². The van der Waals surface area contributed by atoms with Gasteiger partial charge in [0.15, 0.2) is 0 Å². The highest BCUT2D eigenvalue weighted by Gasteiger charge is 2.29. The molecule has 1 aliphatic carbocycles. The first kappa shape index (κ1) is 11.3. The lowest BCUT2D eigenvalue weighted by Crippen LogP contribution is -2.07. The molecule has 1 heterocycles. The largest absolute Gasteiger partial charge is 0.544 e. The topological polar surface area (TPSA) is 112 Å². The number of rotatable bonds is 2. The third-order valence-electron chi connectivity index (χ3n) is 2.58. The number of hydrogen-bond donors (Lipinski definition) is 4. The molecule has 2 rings (SSSR count). The van der Waals surface area contributed by atoms with Crippen molar-refractivity contribution in [2.45, 2.75) is 25.7 Å². The minimum absolute atomic E-state index is 0.400. The van der Waals surface area contributed by atoms with Gasteiger partial charge in [-0.1, -0.05) is 0 Å². The quantitative estimate of drug-likeness (QED) is 0.561. The van der Waals surface area contributed by atoms with Crippen LogP contribution >= 0.6 is 7.82 Å². The SMILES string of the molecule is O=P(O)(O)On1c(O)c2c(c1O)CCCC2. The van der Waals surface area contributed by atoms with Gasteiger partial charge in [-0.05, 0) is 25.7 Å². The molecule has 90 valence electrons. The van der Waals surface area contributed by atoms with Crippen molar-refractivity contribution in [2.75, 3.05) is 0 Å². The fourth-order valence-electron chi connectivity index (χ4n) is 1.93. The summed E-state index contributed by atoms with van der Waals surface area (Å²) in [5.74, 6) is -0.869. The van der Waals surface area contributed by atoms with Gasteiger partial charge < -0.3 is 14.8 Å². The van der Waals surface area contributed by atoms with Gasteiger partial charge in [-0.2, -0.15) is 0 Å². The fourth-order valence-corrected chi connectivity index (χ4v) is 2.30. The van der Waals surface area contributed by atoms with Gasteiger partial charge in [-0.3, -0.25) is 9.79 Å². The molecule has 0 aromatic carbocycles. The molecule has 0 bridgehead atoms. The Morgan fingerprint density at radius 2 is 1.50 bits per heavy atom. The summed E-state index contributed by atoms with van der Waals surface area (Å²) in [5.41, 5.74) is 0.995. The molecule has 0 amide bonds. The number of phosphoric acid groups is 1.